The molecule has 10 heteroatoms. The number of aromatic nitrogens is 1. The minimum Gasteiger partial charge on any atom is -0.467 e. The number of carbonyl (C=O) groups is 2. The lowest BCUT2D eigenvalue weighted by Crippen LogP contribution is -2.40. The second-order valence-corrected chi connectivity index (χ2v) is 8.47. The van der Waals surface area contributed by atoms with E-state index in [4.69, 9.17) is 16.3 Å². The Morgan fingerprint density at radius 1 is 1.20 bits per heavy atom. The summed E-state index contributed by atoms with van der Waals surface area (Å²) in [6, 6.07) is 11.5. The van der Waals surface area contributed by atoms with E-state index in [1.54, 1.807) is 30.3 Å². The van der Waals surface area contributed by atoms with Crippen molar-refractivity contribution in [1.82, 2.24) is 4.98 Å². The van der Waals surface area contributed by atoms with Gasteiger partial charge >= 0.3 is 5.97 Å². The maximum atomic E-state index is 14.8. The van der Waals surface area contributed by atoms with Crippen LogP contribution < -0.4 is 4.90 Å². The number of methoxy groups -OCH3 is 1. The van der Waals surface area contributed by atoms with Gasteiger partial charge in [0.2, 0.25) is 5.91 Å². The fourth-order valence-corrected chi connectivity index (χ4v) is 4.29. The van der Waals surface area contributed by atoms with Crippen LogP contribution in [-0.4, -0.2) is 46.8 Å². The van der Waals surface area contributed by atoms with Crippen LogP contribution in [0, 0.1) is 11.6 Å². The van der Waals surface area contributed by atoms with E-state index in [-0.39, 0.29) is 46.1 Å². The third-order valence-electron chi connectivity index (χ3n) is 5.96. The molecule has 1 aliphatic rings. The van der Waals surface area contributed by atoms with Gasteiger partial charge in [-0.05, 0) is 30.2 Å². The molecule has 1 fully saturated rings. The number of nitrogens with zero attached hydrogens (tertiary/aromatic N) is 2. The number of benzene rings is 2. The maximum absolute atomic E-state index is 14.8. The van der Waals surface area contributed by atoms with Gasteiger partial charge in [0.15, 0.2) is 5.60 Å². The minimum atomic E-state index is -2.05. The van der Waals surface area contributed by atoms with E-state index >= 15 is 0 Å². The van der Waals surface area contributed by atoms with Crippen LogP contribution >= 0.6 is 11.6 Å². The summed E-state index contributed by atoms with van der Waals surface area (Å²) in [6.45, 7) is -0.798. The number of halogens is 3. The molecule has 1 aliphatic heterocycles. The SMILES string of the molecule is COC(=O)[C@@H]1CCC(=O)N1c1cc(-c2cc(Cl)c(F)cc2F)nc([C@@](O)(CO)c2ccccc2)c1. The number of aliphatic hydroxyl groups excluding tert-OH is 1. The Bertz CT molecular complexity index is 1290. The summed E-state index contributed by atoms with van der Waals surface area (Å²) in [7, 11) is 1.20. The quantitative estimate of drug-likeness (QED) is 0.395. The maximum Gasteiger partial charge on any atom is 0.328 e. The molecule has 2 aromatic carbocycles. The molecule has 0 unspecified atom stereocenters. The second-order valence-electron chi connectivity index (χ2n) is 8.07. The summed E-state index contributed by atoms with van der Waals surface area (Å²) in [5.41, 5.74) is -2.06. The first kappa shape index (κ1) is 24.7. The topological polar surface area (TPSA) is 100.0 Å². The Kier molecular flexibility index (Phi) is 6.84. The Balaban J connectivity index is 1.97. The van der Waals surface area contributed by atoms with Gasteiger partial charge in [-0.2, -0.15) is 0 Å². The number of carbonyl (C=O) groups excluding carboxylic acids is 2. The van der Waals surface area contributed by atoms with Gasteiger partial charge in [0.1, 0.15) is 17.7 Å². The molecule has 0 aliphatic carbocycles. The lowest BCUT2D eigenvalue weighted by Gasteiger charge is -2.29. The van der Waals surface area contributed by atoms with Crippen LogP contribution in [-0.2, 0) is 19.9 Å². The highest BCUT2D eigenvalue weighted by atomic mass is 35.5. The first-order valence-corrected chi connectivity index (χ1v) is 11.0. The van der Waals surface area contributed by atoms with E-state index < -0.39 is 41.8 Å². The first-order chi connectivity index (χ1) is 16.7. The molecular weight excluding hydrogens is 482 g/mol. The van der Waals surface area contributed by atoms with Crippen LogP contribution in [0.1, 0.15) is 24.1 Å². The average molecular weight is 503 g/mol. The Hall–Kier alpha value is -3.40. The smallest absolute Gasteiger partial charge is 0.328 e. The molecule has 35 heavy (non-hydrogen) atoms. The van der Waals surface area contributed by atoms with Crippen molar-refractivity contribution < 1.29 is 33.3 Å². The molecule has 2 N–H and O–H groups in total. The monoisotopic (exact) mass is 502 g/mol. The van der Waals surface area contributed by atoms with Crippen molar-refractivity contribution >= 4 is 29.2 Å². The van der Waals surface area contributed by atoms with Crippen LogP contribution in [0.15, 0.2) is 54.6 Å². The van der Waals surface area contributed by atoms with Crippen LogP contribution in [0.2, 0.25) is 5.02 Å². The number of anilines is 1. The lowest BCUT2D eigenvalue weighted by atomic mass is 9.90. The molecule has 2 atom stereocenters. The number of rotatable bonds is 6. The van der Waals surface area contributed by atoms with Gasteiger partial charge in [-0.15, -0.1) is 0 Å². The van der Waals surface area contributed by atoms with Crippen molar-refractivity contribution in [3.05, 3.63) is 82.5 Å². The summed E-state index contributed by atoms with van der Waals surface area (Å²) in [6.07, 6.45) is 0.255. The normalized spacial score (nSPS) is 17.4. The Labute approximate surface area is 204 Å². The van der Waals surface area contributed by atoms with Crippen molar-refractivity contribution in [3.8, 4) is 11.3 Å². The minimum absolute atomic E-state index is 0.0620. The standard InChI is InChI=1S/C25H21ClF2N2O5/c1-35-24(33)21-7-8-23(32)30(21)15-9-20(16-11-17(26)19(28)12-18(16)27)29-22(10-15)25(34,13-31)14-5-3-2-4-6-14/h2-6,9-12,21,31,34H,7-8,13H2,1H3/t21-,25+/m0/s1. The van der Waals surface area contributed by atoms with Crippen molar-refractivity contribution in [1.29, 1.82) is 0 Å². The zero-order chi connectivity index (χ0) is 25.3. The fraction of sp³-hybridized carbons (Fsp3) is 0.240. The molecular formula is C25H21ClF2N2O5. The van der Waals surface area contributed by atoms with E-state index in [9.17, 15) is 28.6 Å². The van der Waals surface area contributed by atoms with Crippen molar-refractivity contribution in [2.45, 2.75) is 24.5 Å². The Morgan fingerprint density at radius 3 is 2.57 bits per heavy atom. The van der Waals surface area contributed by atoms with Gasteiger partial charge in [-0.3, -0.25) is 9.69 Å². The van der Waals surface area contributed by atoms with Gasteiger partial charge in [0.25, 0.3) is 0 Å². The van der Waals surface area contributed by atoms with Gasteiger partial charge < -0.3 is 14.9 Å². The zero-order valence-electron chi connectivity index (χ0n) is 18.5. The molecule has 3 aromatic rings. The molecule has 1 aromatic heterocycles. The average Bonchev–Trinajstić information content (AvgIpc) is 3.26. The van der Waals surface area contributed by atoms with Crippen molar-refractivity contribution in [2.75, 3.05) is 18.6 Å². The second kappa shape index (κ2) is 9.69. The lowest BCUT2D eigenvalue weighted by molar-refractivity contribution is -0.142. The first-order valence-electron chi connectivity index (χ1n) is 10.7. The molecule has 0 spiro atoms. The third kappa shape index (κ3) is 4.50. The molecule has 2 heterocycles. The van der Waals surface area contributed by atoms with Crippen LogP contribution in [0.25, 0.3) is 11.3 Å². The third-order valence-corrected chi connectivity index (χ3v) is 6.25. The zero-order valence-corrected chi connectivity index (χ0v) is 19.3. The number of esters is 1. The highest BCUT2D eigenvalue weighted by Crippen LogP contribution is 2.37. The highest BCUT2D eigenvalue weighted by Gasteiger charge is 2.40. The largest absolute Gasteiger partial charge is 0.467 e. The van der Waals surface area contributed by atoms with Gasteiger partial charge in [0.05, 0.1) is 30.1 Å². The van der Waals surface area contributed by atoms with Gasteiger partial charge in [-0.25, -0.2) is 18.6 Å². The summed E-state index contributed by atoms with van der Waals surface area (Å²) in [5.74, 6) is -2.99. The predicted molar refractivity (Wildman–Crippen MR) is 124 cm³/mol. The molecule has 0 bridgehead atoms. The van der Waals surface area contributed by atoms with E-state index in [0.717, 1.165) is 6.07 Å². The van der Waals surface area contributed by atoms with E-state index in [1.807, 2.05) is 0 Å². The number of amides is 1. The summed E-state index contributed by atoms with van der Waals surface area (Å²) in [4.78, 5) is 30.7. The van der Waals surface area contributed by atoms with Gasteiger partial charge in [0, 0.05) is 23.7 Å². The van der Waals surface area contributed by atoms with Gasteiger partial charge in [-0.1, -0.05) is 41.9 Å². The van der Waals surface area contributed by atoms with Crippen LogP contribution in [0.3, 0.4) is 0 Å². The van der Waals surface area contributed by atoms with Crippen molar-refractivity contribution in [3.63, 3.8) is 0 Å². The summed E-state index contributed by atoms with van der Waals surface area (Å²) >= 11 is 5.88. The van der Waals surface area contributed by atoms with Crippen LogP contribution in [0.5, 0.6) is 0 Å². The summed E-state index contributed by atoms with van der Waals surface area (Å²) in [5, 5.41) is 21.3. The number of aliphatic hydroxyl groups is 2. The number of pyridine rings is 1. The summed E-state index contributed by atoms with van der Waals surface area (Å²) < 4.78 is 33.4. The van der Waals surface area contributed by atoms with Crippen molar-refractivity contribution in [2.24, 2.45) is 0 Å². The Morgan fingerprint density at radius 2 is 1.91 bits per heavy atom. The van der Waals surface area contributed by atoms with Crippen LogP contribution in [0.4, 0.5) is 14.5 Å². The number of hydrogen-bond acceptors (Lipinski definition) is 6. The highest BCUT2D eigenvalue weighted by molar-refractivity contribution is 6.31. The number of ether oxygens (including phenoxy) is 1. The van der Waals surface area contributed by atoms with E-state index in [1.165, 1.54) is 24.1 Å². The molecule has 182 valence electrons. The number of hydrogen-bond donors (Lipinski definition) is 2. The molecule has 1 amide bonds. The predicted octanol–water partition coefficient (Wildman–Crippen LogP) is 3.58. The molecule has 1 saturated heterocycles. The molecule has 0 radical (unpaired) electrons. The van der Waals surface area contributed by atoms with E-state index in [0.29, 0.717) is 6.07 Å². The molecule has 0 saturated carbocycles. The fourth-order valence-electron chi connectivity index (χ4n) is 4.12. The molecule has 4 rings (SSSR count). The van der Waals surface area contributed by atoms with E-state index in [2.05, 4.69) is 4.98 Å². The molecule has 7 nitrogen and oxygen atoms in total.